The van der Waals surface area contributed by atoms with Crippen LogP contribution in [-0.2, 0) is 11.3 Å². The van der Waals surface area contributed by atoms with Crippen LogP contribution in [0.5, 0.6) is 0 Å². The van der Waals surface area contributed by atoms with Gasteiger partial charge in [0.2, 0.25) is 0 Å². The van der Waals surface area contributed by atoms with Crippen LogP contribution in [0.15, 0.2) is 33.7 Å². The van der Waals surface area contributed by atoms with Gasteiger partial charge in [0.1, 0.15) is 0 Å². The fraction of sp³-hybridized carbons (Fsp3) is 0.562. The summed E-state index contributed by atoms with van der Waals surface area (Å²) < 4.78 is 6.45. The predicted molar refractivity (Wildman–Crippen MR) is 94.2 cm³/mol. The quantitative estimate of drug-likeness (QED) is 0.594. The minimum Gasteiger partial charge on any atom is -0.379 e. The molecule has 0 aliphatic carbocycles. The summed E-state index contributed by atoms with van der Waals surface area (Å²) in [7, 11) is 0. The Hall–Kier alpha value is -1.11. The molecule has 0 amide bonds. The number of hydrogen-bond donors (Lipinski definition) is 2. The average molecular weight is 369 g/mol. The fourth-order valence-corrected chi connectivity index (χ4v) is 2.52. The lowest BCUT2D eigenvalue weighted by Gasteiger charge is -2.26. The van der Waals surface area contributed by atoms with Gasteiger partial charge in [-0.05, 0) is 24.6 Å². The Bertz CT molecular complexity index is 458. The van der Waals surface area contributed by atoms with E-state index in [-0.39, 0.29) is 0 Å². The van der Waals surface area contributed by atoms with E-state index in [0.717, 1.165) is 56.4 Å². The van der Waals surface area contributed by atoms with E-state index < -0.39 is 0 Å². The molecule has 0 aromatic heterocycles. The summed E-state index contributed by atoms with van der Waals surface area (Å²) in [6.07, 6.45) is 0. The molecular formula is C16H25BrN4O. The minimum absolute atomic E-state index is 0.681. The Kier molecular flexibility index (Phi) is 7.70. The van der Waals surface area contributed by atoms with Gasteiger partial charge in [0.15, 0.2) is 5.96 Å². The van der Waals surface area contributed by atoms with Gasteiger partial charge in [-0.25, -0.2) is 4.99 Å². The van der Waals surface area contributed by atoms with Gasteiger partial charge in [0, 0.05) is 37.2 Å². The van der Waals surface area contributed by atoms with E-state index in [1.54, 1.807) is 0 Å². The highest BCUT2D eigenvalue weighted by atomic mass is 79.9. The largest absolute Gasteiger partial charge is 0.379 e. The zero-order chi connectivity index (χ0) is 15.6. The van der Waals surface area contributed by atoms with Crippen LogP contribution in [0.4, 0.5) is 0 Å². The Balaban J connectivity index is 1.77. The van der Waals surface area contributed by atoms with Crippen molar-refractivity contribution >= 4 is 21.9 Å². The van der Waals surface area contributed by atoms with Gasteiger partial charge in [-0.3, -0.25) is 4.90 Å². The highest BCUT2D eigenvalue weighted by Crippen LogP contribution is 2.10. The molecular weight excluding hydrogens is 344 g/mol. The van der Waals surface area contributed by atoms with Crippen LogP contribution in [0.25, 0.3) is 0 Å². The predicted octanol–water partition coefficient (Wildman–Crippen LogP) is 1.84. The molecule has 0 unspecified atom stereocenters. The van der Waals surface area contributed by atoms with Crippen LogP contribution in [0.2, 0.25) is 0 Å². The summed E-state index contributed by atoms with van der Waals surface area (Å²) in [5.41, 5.74) is 1.20. The van der Waals surface area contributed by atoms with Crippen LogP contribution in [0.3, 0.4) is 0 Å². The summed E-state index contributed by atoms with van der Waals surface area (Å²) in [6, 6.07) is 8.27. The van der Waals surface area contributed by atoms with E-state index in [9.17, 15) is 0 Å². The van der Waals surface area contributed by atoms with E-state index in [1.165, 1.54) is 5.56 Å². The molecule has 0 atom stereocenters. The highest BCUT2D eigenvalue weighted by molar-refractivity contribution is 9.10. The molecule has 1 aromatic rings. The molecule has 6 heteroatoms. The molecule has 1 aliphatic rings. The second-order valence-electron chi connectivity index (χ2n) is 5.20. The lowest BCUT2D eigenvalue weighted by molar-refractivity contribution is 0.0389. The maximum absolute atomic E-state index is 5.36. The van der Waals surface area contributed by atoms with Crippen LogP contribution in [0, 0.1) is 0 Å². The molecule has 1 aliphatic heterocycles. The molecule has 0 spiro atoms. The Morgan fingerprint density at radius 2 is 1.95 bits per heavy atom. The number of aliphatic imine (C=N–C) groups is 1. The van der Waals surface area contributed by atoms with Gasteiger partial charge in [0.05, 0.1) is 19.8 Å². The second kappa shape index (κ2) is 9.82. The van der Waals surface area contributed by atoms with Gasteiger partial charge in [-0.1, -0.05) is 28.1 Å². The van der Waals surface area contributed by atoms with Crippen molar-refractivity contribution in [2.24, 2.45) is 4.99 Å². The number of benzene rings is 1. The zero-order valence-electron chi connectivity index (χ0n) is 13.1. The number of nitrogens with one attached hydrogen (secondary N) is 2. The molecule has 0 radical (unpaired) electrons. The SMILES string of the molecule is CCNC(=NCc1ccc(Br)cc1)NCCN1CCOCC1. The monoisotopic (exact) mass is 368 g/mol. The Morgan fingerprint density at radius 3 is 2.64 bits per heavy atom. The van der Waals surface area contributed by atoms with Crippen molar-refractivity contribution in [3.8, 4) is 0 Å². The van der Waals surface area contributed by atoms with Crippen LogP contribution < -0.4 is 10.6 Å². The van der Waals surface area contributed by atoms with E-state index >= 15 is 0 Å². The normalized spacial score (nSPS) is 16.5. The first-order valence-corrected chi connectivity index (χ1v) is 8.64. The van der Waals surface area contributed by atoms with E-state index in [1.807, 2.05) is 12.1 Å². The molecule has 1 heterocycles. The van der Waals surface area contributed by atoms with Crippen LogP contribution >= 0.6 is 15.9 Å². The Morgan fingerprint density at radius 1 is 1.23 bits per heavy atom. The number of guanidine groups is 1. The van der Waals surface area contributed by atoms with Crippen molar-refractivity contribution in [3.05, 3.63) is 34.3 Å². The van der Waals surface area contributed by atoms with Gasteiger partial charge < -0.3 is 15.4 Å². The third-order valence-electron chi connectivity index (χ3n) is 3.50. The summed E-state index contributed by atoms with van der Waals surface area (Å²) >= 11 is 3.45. The molecule has 1 fully saturated rings. The number of halogens is 1. The van der Waals surface area contributed by atoms with Crippen molar-refractivity contribution in [1.29, 1.82) is 0 Å². The van der Waals surface area contributed by atoms with E-state index in [4.69, 9.17) is 4.74 Å². The topological polar surface area (TPSA) is 48.9 Å². The summed E-state index contributed by atoms with van der Waals surface area (Å²) in [4.78, 5) is 7.04. The first kappa shape index (κ1) is 17.2. The average Bonchev–Trinajstić information content (AvgIpc) is 2.55. The van der Waals surface area contributed by atoms with Crippen LogP contribution in [0.1, 0.15) is 12.5 Å². The van der Waals surface area contributed by atoms with Gasteiger partial charge in [-0.2, -0.15) is 0 Å². The maximum Gasteiger partial charge on any atom is 0.191 e. The van der Waals surface area contributed by atoms with Gasteiger partial charge >= 0.3 is 0 Å². The number of nitrogens with zero attached hydrogens (tertiary/aromatic N) is 2. The van der Waals surface area contributed by atoms with Gasteiger partial charge in [-0.15, -0.1) is 0 Å². The molecule has 5 nitrogen and oxygen atoms in total. The highest BCUT2D eigenvalue weighted by Gasteiger charge is 2.09. The lowest BCUT2D eigenvalue weighted by Crippen LogP contribution is -2.44. The molecule has 2 N–H and O–H groups in total. The smallest absolute Gasteiger partial charge is 0.191 e. The van der Waals surface area contributed by atoms with Crippen molar-refractivity contribution in [3.63, 3.8) is 0 Å². The van der Waals surface area contributed by atoms with Gasteiger partial charge in [0.25, 0.3) is 0 Å². The Labute approximate surface area is 141 Å². The number of rotatable bonds is 6. The molecule has 1 aromatic carbocycles. The van der Waals surface area contributed by atoms with E-state index in [2.05, 4.69) is 55.5 Å². The standard InChI is InChI=1S/C16H25BrN4O/c1-2-18-16(19-7-8-21-9-11-22-12-10-21)20-13-14-3-5-15(17)6-4-14/h3-6H,2,7-13H2,1H3,(H2,18,19,20). The lowest BCUT2D eigenvalue weighted by atomic mass is 10.2. The third kappa shape index (κ3) is 6.34. The molecule has 0 bridgehead atoms. The maximum atomic E-state index is 5.36. The number of ether oxygens (including phenoxy) is 1. The zero-order valence-corrected chi connectivity index (χ0v) is 14.7. The first-order chi connectivity index (χ1) is 10.8. The second-order valence-corrected chi connectivity index (χ2v) is 6.12. The van der Waals surface area contributed by atoms with Crippen molar-refractivity contribution in [2.45, 2.75) is 13.5 Å². The number of morpholine rings is 1. The molecule has 2 rings (SSSR count). The first-order valence-electron chi connectivity index (χ1n) is 7.84. The van der Waals surface area contributed by atoms with Crippen molar-refractivity contribution in [2.75, 3.05) is 45.9 Å². The summed E-state index contributed by atoms with van der Waals surface area (Å²) in [6.45, 7) is 9.28. The molecule has 22 heavy (non-hydrogen) atoms. The molecule has 0 saturated carbocycles. The summed E-state index contributed by atoms with van der Waals surface area (Å²) in [5, 5.41) is 6.69. The van der Waals surface area contributed by atoms with Crippen LogP contribution in [-0.4, -0.2) is 56.8 Å². The molecule has 1 saturated heterocycles. The summed E-state index contributed by atoms with van der Waals surface area (Å²) in [5.74, 6) is 0.874. The minimum atomic E-state index is 0.681. The fourth-order valence-electron chi connectivity index (χ4n) is 2.26. The third-order valence-corrected chi connectivity index (χ3v) is 4.03. The number of hydrogen-bond acceptors (Lipinski definition) is 3. The van der Waals surface area contributed by atoms with E-state index in [0.29, 0.717) is 6.54 Å². The van der Waals surface area contributed by atoms with Crippen molar-refractivity contribution in [1.82, 2.24) is 15.5 Å². The van der Waals surface area contributed by atoms with Crippen molar-refractivity contribution < 1.29 is 4.74 Å². The molecule has 122 valence electrons.